The fourth-order valence-corrected chi connectivity index (χ4v) is 3.95. The number of hydrogen-bond acceptors (Lipinski definition) is 4. The van der Waals surface area contributed by atoms with Crippen LogP contribution in [0.2, 0.25) is 10.0 Å². The van der Waals surface area contributed by atoms with Gasteiger partial charge in [0, 0.05) is 16.0 Å². The summed E-state index contributed by atoms with van der Waals surface area (Å²) in [7, 11) is 1.28. The number of halogens is 2. The van der Waals surface area contributed by atoms with Crippen LogP contribution in [0.4, 0.5) is 0 Å². The molecule has 0 fully saturated rings. The predicted molar refractivity (Wildman–Crippen MR) is 126 cm³/mol. The minimum atomic E-state index is -0.955. The molecule has 32 heavy (non-hydrogen) atoms. The number of benzene rings is 3. The van der Waals surface area contributed by atoms with E-state index < -0.39 is 17.9 Å². The van der Waals surface area contributed by atoms with Crippen molar-refractivity contribution in [3.05, 3.63) is 100 Å². The van der Waals surface area contributed by atoms with Crippen LogP contribution < -0.4 is 5.32 Å². The lowest BCUT2D eigenvalue weighted by atomic mass is 10.0. The molecular weight excluding hydrogens is 447 g/mol. The lowest BCUT2D eigenvalue weighted by Crippen LogP contribution is -2.34. The second-order valence-electron chi connectivity index (χ2n) is 7.04. The molecule has 1 heterocycles. The smallest absolute Gasteiger partial charge is 0.333 e. The van der Waals surface area contributed by atoms with Gasteiger partial charge in [0.15, 0.2) is 6.04 Å². The van der Waals surface area contributed by atoms with Gasteiger partial charge in [0.25, 0.3) is 5.91 Å². The first-order valence-corrected chi connectivity index (χ1v) is 10.5. The normalized spacial score (nSPS) is 11.7. The number of rotatable bonds is 5. The number of nitrogens with one attached hydrogen (secondary N) is 1. The Labute approximate surface area is 194 Å². The van der Waals surface area contributed by atoms with Crippen LogP contribution in [0, 0.1) is 0 Å². The highest BCUT2D eigenvalue weighted by Crippen LogP contribution is 2.32. The van der Waals surface area contributed by atoms with Gasteiger partial charge in [-0.2, -0.15) is 0 Å². The molecule has 0 bridgehead atoms. The van der Waals surface area contributed by atoms with Gasteiger partial charge in [-0.3, -0.25) is 4.79 Å². The monoisotopic (exact) mass is 464 g/mol. The van der Waals surface area contributed by atoms with E-state index in [-0.39, 0.29) is 0 Å². The van der Waals surface area contributed by atoms with Gasteiger partial charge in [-0.05, 0) is 35.9 Å². The van der Waals surface area contributed by atoms with Crippen molar-refractivity contribution >= 4 is 46.0 Å². The summed E-state index contributed by atoms with van der Waals surface area (Å²) in [6, 6.07) is 22.0. The Hall–Kier alpha value is -3.41. The SMILES string of the molecule is COC(=O)[C@H](NC(=O)c1cc(-c2ccc(Cl)cc2Cl)nc2ccccc12)c1ccccc1. The Morgan fingerprint density at radius 2 is 1.66 bits per heavy atom. The van der Waals surface area contributed by atoms with Crippen LogP contribution in [-0.2, 0) is 9.53 Å². The Morgan fingerprint density at radius 3 is 2.38 bits per heavy atom. The van der Waals surface area contributed by atoms with Gasteiger partial charge in [-0.25, -0.2) is 9.78 Å². The van der Waals surface area contributed by atoms with Crippen molar-refractivity contribution in [2.45, 2.75) is 6.04 Å². The highest BCUT2D eigenvalue weighted by molar-refractivity contribution is 6.36. The fourth-order valence-electron chi connectivity index (χ4n) is 3.45. The standard InChI is InChI=1S/C25H18Cl2N2O3/c1-32-25(31)23(15-7-3-2-4-8-15)29-24(30)19-14-22(18-12-11-16(26)13-20(18)27)28-21-10-6-5-9-17(19)21/h2-14,23H,1H3,(H,29,30)/t23-/m1/s1. The van der Waals surface area contributed by atoms with Crippen molar-refractivity contribution in [2.24, 2.45) is 0 Å². The minimum absolute atomic E-state index is 0.362. The molecule has 160 valence electrons. The molecule has 1 amide bonds. The summed E-state index contributed by atoms with van der Waals surface area (Å²) >= 11 is 12.4. The van der Waals surface area contributed by atoms with Crippen LogP contribution in [0.25, 0.3) is 22.2 Å². The van der Waals surface area contributed by atoms with Crippen molar-refractivity contribution < 1.29 is 14.3 Å². The zero-order valence-electron chi connectivity index (χ0n) is 17.0. The van der Waals surface area contributed by atoms with Crippen molar-refractivity contribution in [3.8, 4) is 11.3 Å². The molecule has 5 nitrogen and oxygen atoms in total. The number of methoxy groups -OCH3 is 1. The summed E-state index contributed by atoms with van der Waals surface area (Å²) in [5.41, 5.74) is 2.76. The molecule has 1 N–H and O–H groups in total. The maximum atomic E-state index is 13.4. The molecule has 4 rings (SSSR count). The number of pyridine rings is 1. The van der Waals surface area contributed by atoms with Gasteiger partial charge in [0.05, 0.1) is 28.9 Å². The molecule has 1 aromatic heterocycles. The molecule has 0 aliphatic heterocycles. The molecule has 0 radical (unpaired) electrons. The van der Waals surface area contributed by atoms with Crippen molar-refractivity contribution in [1.82, 2.24) is 10.3 Å². The number of nitrogens with zero attached hydrogens (tertiary/aromatic N) is 1. The molecule has 0 saturated heterocycles. The van der Waals surface area contributed by atoms with E-state index >= 15 is 0 Å². The molecule has 0 saturated carbocycles. The zero-order valence-corrected chi connectivity index (χ0v) is 18.5. The third-order valence-electron chi connectivity index (χ3n) is 5.01. The summed E-state index contributed by atoms with van der Waals surface area (Å²) in [4.78, 5) is 30.5. The minimum Gasteiger partial charge on any atom is -0.467 e. The van der Waals surface area contributed by atoms with Crippen molar-refractivity contribution in [2.75, 3.05) is 7.11 Å². The number of carbonyl (C=O) groups is 2. The lowest BCUT2D eigenvalue weighted by Gasteiger charge is -2.18. The van der Waals surface area contributed by atoms with Crippen LogP contribution in [0.3, 0.4) is 0 Å². The summed E-state index contributed by atoms with van der Waals surface area (Å²) in [5.74, 6) is -1.00. The third kappa shape index (κ3) is 4.44. The topological polar surface area (TPSA) is 68.3 Å². The average molecular weight is 465 g/mol. The van der Waals surface area contributed by atoms with E-state index in [0.29, 0.717) is 43.3 Å². The Bertz CT molecular complexity index is 1310. The van der Waals surface area contributed by atoms with E-state index in [1.54, 1.807) is 54.6 Å². The van der Waals surface area contributed by atoms with Gasteiger partial charge < -0.3 is 10.1 Å². The Balaban J connectivity index is 1.80. The quantitative estimate of drug-likeness (QED) is 0.376. The maximum absolute atomic E-state index is 13.4. The van der Waals surface area contributed by atoms with Crippen molar-refractivity contribution in [3.63, 3.8) is 0 Å². The molecule has 0 aliphatic carbocycles. The number of aromatic nitrogens is 1. The summed E-state index contributed by atoms with van der Waals surface area (Å²) in [5, 5.41) is 4.37. The molecule has 1 atom stereocenters. The predicted octanol–water partition coefficient (Wildman–Crippen LogP) is 5.85. The second kappa shape index (κ2) is 9.39. The molecular formula is C25H18Cl2N2O3. The van der Waals surface area contributed by atoms with Crippen LogP contribution in [0.15, 0.2) is 78.9 Å². The number of fused-ring (bicyclic) bond motifs is 1. The molecule has 4 aromatic rings. The van der Waals surface area contributed by atoms with E-state index in [1.807, 2.05) is 24.3 Å². The van der Waals surface area contributed by atoms with Gasteiger partial charge in [-0.15, -0.1) is 0 Å². The highest BCUT2D eigenvalue weighted by Gasteiger charge is 2.25. The summed E-state index contributed by atoms with van der Waals surface area (Å²) in [6.45, 7) is 0. The number of amides is 1. The number of carbonyl (C=O) groups excluding carboxylic acids is 2. The van der Waals surface area contributed by atoms with Gasteiger partial charge in [-0.1, -0.05) is 71.7 Å². The van der Waals surface area contributed by atoms with E-state index in [0.717, 1.165) is 0 Å². The van der Waals surface area contributed by atoms with Crippen LogP contribution >= 0.6 is 23.2 Å². The van der Waals surface area contributed by atoms with Gasteiger partial charge in [0.1, 0.15) is 0 Å². The van der Waals surface area contributed by atoms with Crippen molar-refractivity contribution in [1.29, 1.82) is 0 Å². The maximum Gasteiger partial charge on any atom is 0.333 e. The Morgan fingerprint density at radius 1 is 0.938 bits per heavy atom. The Kier molecular flexibility index (Phi) is 6.40. The van der Waals surface area contributed by atoms with Gasteiger partial charge >= 0.3 is 5.97 Å². The lowest BCUT2D eigenvalue weighted by molar-refractivity contribution is -0.143. The fraction of sp³-hybridized carbons (Fsp3) is 0.0800. The van der Waals surface area contributed by atoms with E-state index in [4.69, 9.17) is 27.9 Å². The van der Waals surface area contributed by atoms with Crippen LogP contribution in [0.5, 0.6) is 0 Å². The van der Waals surface area contributed by atoms with Crippen LogP contribution in [-0.4, -0.2) is 24.0 Å². The number of para-hydroxylation sites is 1. The molecule has 7 heteroatoms. The van der Waals surface area contributed by atoms with E-state index in [9.17, 15) is 9.59 Å². The number of ether oxygens (including phenoxy) is 1. The first-order valence-electron chi connectivity index (χ1n) is 9.77. The molecule has 0 unspecified atom stereocenters. The highest BCUT2D eigenvalue weighted by atomic mass is 35.5. The zero-order chi connectivity index (χ0) is 22.7. The first-order chi connectivity index (χ1) is 15.5. The first kappa shape index (κ1) is 21.8. The molecule has 0 aliphatic rings. The van der Waals surface area contributed by atoms with E-state index in [1.165, 1.54) is 7.11 Å². The summed E-state index contributed by atoms with van der Waals surface area (Å²) in [6.07, 6.45) is 0. The molecule has 3 aromatic carbocycles. The largest absolute Gasteiger partial charge is 0.467 e. The second-order valence-corrected chi connectivity index (χ2v) is 7.88. The van der Waals surface area contributed by atoms with Gasteiger partial charge in [0.2, 0.25) is 0 Å². The van der Waals surface area contributed by atoms with E-state index in [2.05, 4.69) is 10.3 Å². The number of esters is 1. The molecule has 0 spiro atoms. The van der Waals surface area contributed by atoms with Crippen LogP contribution in [0.1, 0.15) is 22.0 Å². The third-order valence-corrected chi connectivity index (χ3v) is 5.56. The summed E-state index contributed by atoms with van der Waals surface area (Å²) < 4.78 is 4.92. The number of hydrogen-bond donors (Lipinski definition) is 1. The average Bonchev–Trinajstić information content (AvgIpc) is 2.81.